The maximum atomic E-state index is 13.4. The number of amides is 1. The molecule has 1 aromatic heterocycles. The van der Waals surface area contributed by atoms with E-state index in [0.717, 1.165) is 54.4 Å². The highest BCUT2D eigenvalue weighted by Crippen LogP contribution is 2.36. The van der Waals surface area contributed by atoms with Crippen molar-refractivity contribution < 1.29 is 18.0 Å². The Labute approximate surface area is 197 Å². The van der Waals surface area contributed by atoms with Crippen molar-refractivity contribution in [2.75, 3.05) is 36.4 Å². The molecule has 1 saturated heterocycles. The normalized spacial score (nSPS) is 15.8. The molecule has 4 rings (SSSR count). The van der Waals surface area contributed by atoms with Crippen LogP contribution in [0.3, 0.4) is 0 Å². The van der Waals surface area contributed by atoms with Crippen LogP contribution >= 0.6 is 0 Å². The molecule has 5 nitrogen and oxygen atoms in total. The predicted molar refractivity (Wildman–Crippen MR) is 129 cm³/mol. The Morgan fingerprint density at radius 3 is 2.62 bits per heavy atom. The maximum absolute atomic E-state index is 13.4. The number of benzene rings is 2. The highest BCUT2D eigenvalue weighted by Gasteiger charge is 2.33. The molecule has 0 spiro atoms. The minimum atomic E-state index is -4.39. The molecule has 2 heterocycles. The van der Waals surface area contributed by atoms with E-state index in [1.807, 2.05) is 30.0 Å². The number of hydrogen-bond acceptors (Lipinski definition) is 4. The van der Waals surface area contributed by atoms with Gasteiger partial charge in [-0.3, -0.25) is 9.78 Å². The number of rotatable bonds is 4. The van der Waals surface area contributed by atoms with Gasteiger partial charge in [-0.15, -0.1) is 0 Å². The Balaban J connectivity index is 1.62. The molecule has 180 valence electrons. The zero-order valence-electron chi connectivity index (χ0n) is 19.6. The zero-order valence-corrected chi connectivity index (χ0v) is 19.6. The van der Waals surface area contributed by atoms with Crippen molar-refractivity contribution in [1.29, 1.82) is 0 Å². The molecule has 1 atom stereocenters. The molecular formula is C26H29F3N4O. The number of hydrogen-bond donors (Lipinski definition) is 1. The SMILES string of the molecule is CC(=O)N1CCCN(c2ccc3nccc(N[C@H](C)c4cccc(C(F)(F)F)c4C)c3c2)CC1. The van der Waals surface area contributed by atoms with E-state index < -0.39 is 11.7 Å². The highest BCUT2D eigenvalue weighted by molar-refractivity contribution is 5.93. The fraction of sp³-hybridized carbons (Fsp3) is 0.385. The van der Waals surface area contributed by atoms with Crippen LogP contribution in [0.1, 0.15) is 43.0 Å². The van der Waals surface area contributed by atoms with Crippen LogP contribution in [0, 0.1) is 6.92 Å². The Kier molecular flexibility index (Phi) is 6.68. The van der Waals surface area contributed by atoms with Crippen molar-refractivity contribution in [2.24, 2.45) is 0 Å². The lowest BCUT2D eigenvalue weighted by atomic mass is 9.97. The molecule has 2 aromatic carbocycles. The number of fused-ring (bicyclic) bond motifs is 1. The van der Waals surface area contributed by atoms with Crippen molar-refractivity contribution in [3.8, 4) is 0 Å². The predicted octanol–water partition coefficient (Wildman–Crippen LogP) is 5.79. The highest BCUT2D eigenvalue weighted by atomic mass is 19.4. The van der Waals surface area contributed by atoms with Gasteiger partial charge in [-0.1, -0.05) is 12.1 Å². The van der Waals surface area contributed by atoms with E-state index in [1.54, 1.807) is 19.2 Å². The molecule has 3 aromatic rings. The average Bonchev–Trinajstić information content (AvgIpc) is 3.05. The number of aromatic nitrogens is 1. The molecule has 1 N–H and O–H groups in total. The maximum Gasteiger partial charge on any atom is 0.416 e. The molecule has 0 bridgehead atoms. The van der Waals surface area contributed by atoms with Gasteiger partial charge >= 0.3 is 6.18 Å². The topological polar surface area (TPSA) is 48.5 Å². The molecule has 1 fully saturated rings. The third-order valence-electron chi connectivity index (χ3n) is 6.55. The van der Waals surface area contributed by atoms with Gasteiger partial charge in [0.25, 0.3) is 0 Å². The molecule has 8 heteroatoms. The van der Waals surface area contributed by atoms with Crippen molar-refractivity contribution in [3.63, 3.8) is 0 Å². The third kappa shape index (κ3) is 4.95. The summed E-state index contributed by atoms with van der Waals surface area (Å²) >= 11 is 0. The number of pyridine rings is 1. The Morgan fingerprint density at radius 2 is 1.88 bits per heavy atom. The molecule has 1 aliphatic rings. The first-order valence-electron chi connectivity index (χ1n) is 11.5. The number of carbonyl (C=O) groups is 1. The van der Waals surface area contributed by atoms with E-state index in [4.69, 9.17) is 0 Å². The van der Waals surface area contributed by atoms with Crippen molar-refractivity contribution in [3.05, 3.63) is 65.4 Å². The van der Waals surface area contributed by atoms with E-state index in [2.05, 4.69) is 21.3 Å². The van der Waals surface area contributed by atoms with Gasteiger partial charge in [0.2, 0.25) is 5.91 Å². The number of nitrogens with one attached hydrogen (secondary N) is 1. The molecule has 0 aliphatic carbocycles. The summed E-state index contributed by atoms with van der Waals surface area (Å²) in [5.74, 6) is 0.0925. The van der Waals surface area contributed by atoms with E-state index >= 15 is 0 Å². The summed E-state index contributed by atoms with van der Waals surface area (Å²) in [4.78, 5) is 20.4. The molecule has 1 amide bonds. The van der Waals surface area contributed by atoms with Crippen LogP contribution in [0.5, 0.6) is 0 Å². The second kappa shape index (κ2) is 9.52. The van der Waals surface area contributed by atoms with Crippen LogP contribution in [0.25, 0.3) is 10.9 Å². The van der Waals surface area contributed by atoms with Crippen molar-refractivity contribution >= 4 is 28.2 Å². The Bertz CT molecular complexity index is 1190. The van der Waals surface area contributed by atoms with Crippen LogP contribution in [0.2, 0.25) is 0 Å². The van der Waals surface area contributed by atoms with Crippen molar-refractivity contribution in [1.82, 2.24) is 9.88 Å². The van der Waals surface area contributed by atoms with Gasteiger partial charge in [0, 0.05) is 62.1 Å². The van der Waals surface area contributed by atoms with Crippen LogP contribution < -0.4 is 10.2 Å². The first kappa shape index (κ1) is 23.9. The number of nitrogens with zero attached hydrogens (tertiary/aromatic N) is 3. The monoisotopic (exact) mass is 470 g/mol. The molecule has 34 heavy (non-hydrogen) atoms. The van der Waals surface area contributed by atoms with Crippen LogP contribution in [0.15, 0.2) is 48.7 Å². The van der Waals surface area contributed by atoms with E-state index in [1.165, 1.54) is 13.0 Å². The quantitative estimate of drug-likeness (QED) is 0.524. The fourth-order valence-corrected chi connectivity index (χ4v) is 4.69. The fourth-order valence-electron chi connectivity index (χ4n) is 4.69. The summed E-state index contributed by atoms with van der Waals surface area (Å²) in [7, 11) is 0. The lowest BCUT2D eigenvalue weighted by molar-refractivity contribution is -0.138. The van der Waals surface area contributed by atoms with Crippen molar-refractivity contribution in [2.45, 2.75) is 39.4 Å². The Morgan fingerprint density at radius 1 is 1.09 bits per heavy atom. The van der Waals surface area contributed by atoms with E-state index in [-0.39, 0.29) is 17.5 Å². The molecule has 0 unspecified atom stereocenters. The summed E-state index contributed by atoms with van der Waals surface area (Å²) in [5.41, 5.74) is 2.89. The minimum Gasteiger partial charge on any atom is -0.378 e. The summed E-state index contributed by atoms with van der Waals surface area (Å²) in [6.45, 7) is 8.00. The van der Waals surface area contributed by atoms with Gasteiger partial charge in [0.15, 0.2) is 0 Å². The van der Waals surface area contributed by atoms with Crippen LogP contribution in [0.4, 0.5) is 24.5 Å². The third-order valence-corrected chi connectivity index (χ3v) is 6.55. The molecular weight excluding hydrogens is 441 g/mol. The summed E-state index contributed by atoms with van der Waals surface area (Å²) in [6.07, 6.45) is -1.79. The number of alkyl halides is 3. The average molecular weight is 471 g/mol. The number of halogens is 3. The lowest BCUT2D eigenvalue weighted by Gasteiger charge is -2.24. The largest absolute Gasteiger partial charge is 0.416 e. The standard InChI is InChI=1S/C26H29F3N4O/c1-17-21(6-4-7-23(17)26(27,28)29)18(2)31-25-10-11-30-24-9-8-20(16-22(24)25)33-13-5-12-32(14-15-33)19(3)34/h4,6-11,16,18H,5,12-15H2,1-3H3,(H,30,31)/t18-/m1/s1. The van der Waals surface area contributed by atoms with Gasteiger partial charge in [0.1, 0.15) is 0 Å². The first-order chi connectivity index (χ1) is 16.1. The number of carbonyl (C=O) groups excluding carboxylic acids is 1. The van der Waals surface area contributed by atoms with E-state index in [0.29, 0.717) is 12.1 Å². The number of anilines is 2. The summed E-state index contributed by atoms with van der Waals surface area (Å²) in [5, 5.41) is 4.31. The van der Waals surface area contributed by atoms with Gasteiger partial charge < -0.3 is 15.1 Å². The Hall–Kier alpha value is -3.29. The minimum absolute atomic E-state index is 0.0925. The van der Waals surface area contributed by atoms with Crippen LogP contribution in [-0.2, 0) is 11.0 Å². The molecule has 0 radical (unpaired) electrons. The van der Waals surface area contributed by atoms with E-state index in [9.17, 15) is 18.0 Å². The van der Waals surface area contributed by atoms with Crippen LogP contribution in [-0.4, -0.2) is 42.0 Å². The molecule has 1 aliphatic heterocycles. The van der Waals surface area contributed by atoms with Gasteiger partial charge in [-0.2, -0.15) is 13.2 Å². The lowest BCUT2D eigenvalue weighted by Crippen LogP contribution is -2.33. The zero-order chi connectivity index (χ0) is 24.5. The first-order valence-corrected chi connectivity index (χ1v) is 11.5. The molecule has 0 saturated carbocycles. The summed E-state index contributed by atoms with van der Waals surface area (Å²) in [6, 6.07) is 11.9. The van der Waals surface area contributed by atoms with Gasteiger partial charge in [0.05, 0.1) is 11.1 Å². The van der Waals surface area contributed by atoms with Gasteiger partial charge in [-0.25, -0.2) is 0 Å². The van der Waals surface area contributed by atoms with Gasteiger partial charge in [-0.05, 0) is 61.7 Å². The second-order valence-electron chi connectivity index (χ2n) is 8.79. The summed E-state index contributed by atoms with van der Waals surface area (Å²) < 4.78 is 40.2. The second-order valence-corrected chi connectivity index (χ2v) is 8.79. The smallest absolute Gasteiger partial charge is 0.378 e.